The van der Waals surface area contributed by atoms with Crippen LogP contribution in [-0.4, -0.2) is 49.7 Å². The van der Waals surface area contributed by atoms with Gasteiger partial charge in [-0.15, -0.1) is 0 Å². The van der Waals surface area contributed by atoms with Crippen molar-refractivity contribution in [3.05, 3.63) is 102 Å². The van der Waals surface area contributed by atoms with Gasteiger partial charge in [0.1, 0.15) is 23.1 Å². The van der Waals surface area contributed by atoms with Gasteiger partial charge in [-0.3, -0.25) is 10.1 Å². The number of carbonyl (C=O) groups is 2. The van der Waals surface area contributed by atoms with E-state index < -0.39 is 28.1 Å². The number of benzene rings is 4. The number of alkyl halides is 3. The Bertz CT molecular complexity index is 1780. The van der Waals surface area contributed by atoms with E-state index in [1.807, 2.05) is 0 Å². The highest BCUT2D eigenvalue weighted by Crippen LogP contribution is 2.38. The number of methoxy groups -OCH3 is 1. The van der Waals surface area contributed by atoms with E-state index in [0.29, 0.717) is 33.9 Å². The largest absolute Gasteiger partial charge is 0.497 e. The van der Waals surface area contributed by atoms with Crippen LogP contribution >= 0.6 is 0 Å². The number of aromatic carboxylic acids is 1. The number of anilines is 1. The van der Waals surface area contributed by atoms with Crippen LogP contribution in [0, 0.1) is 5.41 Å². The van der Waals surface area contributed by atoms with Crippen molar-refractivity contribution in [2.24, 2.45) is 5.73 Å². The molecule has 4 aromatic carbocycles. The Labute approximate surface area is 248 Å². The van der Waals surface area contributed by atoms with Crippen LogP contribution in [0.1, 0.15) is 15.9 Å². The van der Waals surface area contributed by atoms with Gasteiger partial charge in [0.2, 0.25) is 0 Å². The van der Waals surface area contributed by atoms with Crippen LogP contribution in [0.2, 0.25) is 0 Å². The SMILES string of the molecule is COc1ccc(S(=O)(=O)Nc2ccc(Oc3ccc(C(=N)N)cc3)c(-c3ccccc3C(=O)O)c2)cc1.O=C(O)C(F)(F)F. The molecule has 6 N–H and O–H groups in total. The Morgan fingerprint density at radius 1 is 0.864 bits per heavy atom. The Kier molecular flexibility index (Phi) is 10.2. The lowest BCUT2D eigenvalue weighted by molar-refractivity contribution is -0.192. The minimum Gasteiger partial charge on any atom is -0.497 e. The molecule has 0 radical (unpaired) electrons. The van der Waals surface area contributed by atoms with Crippen LogP contribution in [0.15, 0.2) is 95.9 Å². The molecule has 4 rings (SSSR count). The van der Waals surface area contributed by atoms with E-state index >= 15 is 0 Å². The van der Waals surface area contributed by atoms with Gasteiger partial charge in [-0.2, -0.15) is 13.2 Å². The number of hydrogen-bond donors (Lipinski definition) is 5. The standard InChI is InChI=1S/C27H23N3O6S.C2HF3O2/c1-35-19-11-13-21(14-12-19)37(33,34)30-18-8-15-25(36-20-9-6-17(7-10-20)26(28)29)24(16-18)22-4-2-3-5-23(22)27(31)32;3-2(4,5)1(6)7/h2-16,30H,1H3,(H3,28,29)(H,31,32);(H,6,7). The van der Waals surface area contributed by atoms with Crippen molar-refractivity contribution < 1.29 is 50.9 Å². The zero-order valence-electron chi connectivity index (χ0n) is 22.6. The molecule has 44 heavy (non-hydrogen) atoms. The fourth-order valence-electron chi connectivity index (χ4n) is 3.60. The Hall–Kier alpha value is -5.57. The number of nitrogens with one attached hydrogen (secondary N) is 2. The molecule has 0 fully saturated rings. The first-order valence-corrected chi connectivity index (χ1v) is 13.7. The molecule has 0 saturated heterocycles. The van der Waals surface area contributed by atoms with Gasteiger partial charge < -0.3 is 25.4 Å². The quantitative estimate of drug-likeness (QED) is 0.116. The maximum Gasteiger partial charge on any atom is 0.490 e. The molecule has 0 spiro atoms. The first-order chi connectivity index (χ1) is 20.6. The lowest BCUT2D eigenvalue weighted by atomic mass is 9.98. The second-order valence-electron chi connectivity index (χ2n) is 8.69. The van der Waals surface area contributed by atoms with Gasteiger partial charge in [-0.05, 0) is 78.4 Å². The third-order valence-electron chi connectivity index (χ3n) is 5.68. The minimum atomic E-state index is -5.08. The number of carboxylic acids is 2. The number of halogens is 3. The van der Waals surface area contributed by atoms with Crippen LogP contribution < -0.4 is 19.9 Å². The summed E-state index contributed by atoms with van der Waals surface area (Å²) in [6.45, 7) is 0. The number of hydrogen-bond acceptors (Lipinski definition) is 7. The first kappa shape index (κ1) is 32.9. The zero-order valence-corrected chi connectivity index (χ0v) is 23.4. The summed E-state index contributed by atoms with van der Waals surface area (Å²) in [5, 5.41) is 24.4. The van der Waals surface area contributed by atoms with E-state index in [-0.39, 0.29) is 22.0 Å². The van der Waals surface area contributed by atoms with E-state index in [0.717, 1.165) is 0 Å². The van der Waals surface area contributed by atoms with Gasteiger partial charge in [-0.25, -0.2) is 18.0 Å². The molecule has 0 bridgehead atoms. The van der Waals surface area contributed by atoms with Crippen LogP contribution in [0.3, 0.4) is 0 Å². The average Bonchev–Trinajstić information content (AvgIpc) is 2.98. The van der Waals surface area contributed by atoms with Crippen molar-refractivity contribution in [1.82, 2.24) is 0 Å². The topological polar surface area (TPSA) is 189 Å². The molecule has 0 saturated carbocycles. The van der Waals surface area contributed by atoms with Crippen molar-refractivity contribution in [2.45, 2.75) is 11.1 Å². The Morgan fingerprint density at radius 3 is 1.95 bits per heavy atom. The third kappa shape index (κ3) is 8.48. The van der Waals surface area contributed by atoms with Gasteiger partial charge in [0.05, 0.1) is 17.6 Å². The number of aliphatic carboxylic acids is 1. The maximum absolute atomic E-state index is 13.0. The van der Waals surface area contributed by atoms with Crippen LogP contribution in [0.25, 0.3) is 11.1 Å². The summed E-state index contributed by atoms with van der Waals surface area (Å²) in [5.74, 6) is -2.74. The van der Waals surface area contributed by atoms with Gasteiger partial charge in [0.25, 0.3) is 10.0 Å². The Morgan fingerprint density at radius 2 is 1.43 bits per heavy atom. The van der Waals surface area contributed by atoms with Gasteiger partial charge >= 0.3 is 18.1 Å². The smallest absolute Gasteiger partial charge is 0.490 e. The van der Waals surface area contributed by atoms with Crippen molar-refractivity contribution in [3.63, 3.8) is 0 Å². The van der Waals surface area contributed by atoms with Crippen LogP contribution in [-0.2, 0) is 14.8 Å². The van der Waals surface area contributed by atoms with E-state index in [2.05, 4.69) is 4.72 Å². The monoisotopic (exact) mass is 631 g/mol. The van der Waals surface area contributed by atoms with Crippen LogP contribution in [0.4, 0.5) is 18.9 Å². The molecule has 0 atom stereocenters. The number of carboxylic acid groups (broad SMARTS) is 2. The predicted molar refractivity (Wildman–Crippen MR) is 154 cm³/mol. The minimum absolute atomic E-state index is 0.0226. The second kappa shape index (κ2) is 13.6. The lowest BCUT2D eigenvalue weighted by Crippen LogP contribution is -2.21. The zero-order chi connectivity index (χ0) is 32.7. The molecule has 0 aromatic heterocycles. The van der Waals surface area contributed by atoms with Gasteiger partial charge in [-0.1, -0.05) is 18.2 Å². The molecule has 4 aromatic rings. The number of nitrogens with two attached hydrogens (primary N) is 1. The fraction of sp³-hybridized carbons (Fsp3) is 0.0690. The predicted octanol–water partition coefficient (Wildman–Crippen LogP) is 5.57. The average molecular weight is 632 g/mol. The number of rotatable bonds is 9. The van der Waals surface area contributed by atoms with E-state index in [4.69, 9.17) is 30.5 Å². The summed E-state index contributed by atoms with van der Waals surface area (Å²) in [7, 11) is -2.46. The summed E-state index contributed by atoms with van der Waals surface area (Å²) in [6, 6.07) is 23.4. The molecule has 0 heterocycles. The first-order valence-electron chi connectivity index (χ1n) is 12.2. The summed E-state index contributed by atoms with van der Waals surface area (Å²) in [4.78, 5) is 20.9. The molecule has 0 aliphatic carbocycles. The molecule has 11 nitrogen and oxygen atoms in total. The molecular formula is C29H24F3N3O8S. The fourth-order valence-corrected chi connectivity index (χ4v) is 4.65. The summed E-state index contributed by atoms with van der Waals surface area (Å²) < 4.78 is 71.3. The highest BCUT2D eigenvalue weighted by molar-refractivity contribution is 7.92. The summed E-state index contributed by atoms with van der Waals surface area (Å²) in [5.41, 5.74) is 6.97. The maximum atomic E-state index is 13.0. The summed E-state index contributed by atoms with van der Waals surface area (Å²) in [6.07, 6.45) is -5.08. The van der Waals surface area contributed by atoms with E-state index in [1.165, 1.54) is 49.6 Å². The number of sulfonamides is 1. The highest BCUT2D eigenvalue weighted by Gasteiger charge is 2.38. The normalized spacial score (nSPS) is 11.0. The van der Waals surface area contributed by atoms with Crippen molar-refractivity contribution in [1.29, 1.82) is 5.41 Å². The molecule has 0 aliphatic heterocycles. The highest BCUT2D eigenvalue weighted by atomic mass is 32.2. The van der Waals surface area contributed by atoms with Crippen molar-refractivity contribution in [2.75, 3.05) is 11.8 Å². The molecular weight excluding hydrogens is 607 g/mol. The molecule has 0 unspecified atom stereocenters. The van der Waals surface area contributed by atoms with E-state index in [9.17, 15) is 31.5 Å². The number of amidine groups is 1. The molecule has 230 valence electrons. The Balaban J connectivity index is 0.000000676. The van der Waals surface area contributed by atoms with Gasteiger partial charge in [0.15, 0.2) is 0 Å². The molecule has 0 amide bonds. The lowest BCUT2D eigenvalue weighted by Gasteiger charge is -2.16. The van der Waals surface area contributed by atoms with Crippen LogP contribution in [0.5, 0.6) is 17.2 Å². The molecule has 0 aliphatic rings. The number of ether oxygens (including phenoxy) is 2. The van der Waals surface area contributed by atoms with Crippen molar-refractivity contribution >= 4 is 33.5 Å². The molecule has 15 heteroatoms. The number of nitrogen functional groups attached to an aromatic ring is 1. The third-order valence-corrected chi connectivity index (χ3v) is 7.08. The van der Waals surface area contributed by atoms with Gasteiger partial charge in [0, 0.05) is 16.8 Å². The van der Waals surface area contributed by atoms with E-state index in [1.54, 1.807) is 48.5 Å². The summed E-state index contributed by atoms with van der Waals surface area (Å²) >= 11 is 0. The second-order valence-corrected chi connectivity index (χ2v) is 10.4. The van der Waals surface area contributed by atoms with Crippen molar-refractivity contribution in [3.8, 4) is 28.4 Å².